The maximum atomic E-state index is 14.4. The first kappa shape index (κ1) is 22.0. The second-order valence-electron chi connectivity index (χ2n) is 6.88. The predicted molar refractivity (Wildman–Crippen MR) is 102 cm³/mol. The van der Waals surface area contributed by atoms with Crippen LogP contribution in [0.1, 0.15) is 41.4 Å². The number of halogens is 5. The van der Waals surface area contributed by atoms with Gasteiger partial charge in [0.05, 0.1) is 19.2 Å². The normalized spacial score (nSPS) is 17.9. The van der Waals surface area contributed by atoms with Crippen molar-refractivity contribution in [3.63, 3.8) is 0 Å². The Bertz CT molecular complexity index is 1200. The van der Waals surface area contributed by atoms with Gasteiger partial charge in [-0.2, -0.15) is 13.2 Å². The molecule has 1 aromatic heterocycles. The average molecular weight is 472 g/mol. The van der Waals surface area contributed by atoms with Crippen LogP contribution in [0.5, 0.6) is 5.75 Å². The van der Waals surface area contributed by atoms with Gasteiger partial charge in [-0.3, -0.25) is 9.36 Å². The van der Waals surface area contributed by atoms with E-state index >= 15 is 0 Å². The molecule has 3 aromatic rings. The lowest BCUT2D eigenvalue weighted by Gasteiger charge is -2.23. The van der Waals surface area contributed by atoms with Crippen molar-refractivity contribution < 1.29 is 36.9 Å². The lowest BCUT2D eigenvalue weighted by Crippen LogP contribution is -2.17. The number of benzene rings is 2. The summed E-state index contributed by atoms with van der Waals surface area (Å²) in [6, 6.07) is 8.01. The Morgan fingerprint density at radius 2 is 2.00 bits per heavy atom. The molecule has 1 N–H and O–H groups in total. The Kier molecular flexibility index (Phi) is 5.55. The Morgan fingerprint density at radius 1 is 1.25 bits per heavy atom. The summed E-state index contributed by atoms with van der Waals surface area (Å²) in [6.45, 7) is 0. The smallest absolute Gasteiger partial charge is 0.452 e. The summed E-state index contributed by atoms with van der Waals surface area (Å²) in [4.78, 5) is 11.5. The number of rotatable bonds is 4. The molecule has 4 rings (SSSR count). The van der Waals surface area contributed by atoms with Crippen LogP contribution in [-0.4, -0.2) is 33.0 Å². The van der Waals surface area contributed by atoms with Gasteiger partial charge in [-0.25, -0.2) is 4.39 Å². The van der Waals surface area contributed by atoms with Gasteiger partial charge in [-0.05, 0) is 24.3 Å². The molecule has 1 aliphatic rings. The number of carboxylic acid groups (broad SMARTS) is 1. The molecule has 0 radical (unpaired) electrons. The molecule has 2 aromatic carbocycles. The highest BCUT2D eigenvalue weighted by Gasteiger charge is 2.43. The van der Waals surface area contributed by atoms with Crippen LogP contribution in [0.3, 0.4) is 0 Å². The van der Waals surface area contributed by atoms with Crippen LogP contribution in [0, 0.1) is 5.82 Å². The highest BCUT2D eigenvalue weighted by molar-refractivity contribution is 6.30. The van der Waals surface area contributed by atoms with E-state index in [1.807, 2.05) is 0 Å². The molecule has 0 amide bonds. The highest BCUT2D eigenvalue weighted by atomic mass is 35.5. The Labute approximate surface area is 183 Å². The first-order valence-electron chi connectivity index (χ1n) is 9.13. The van der Waals surface area contributed by atoms with E-state index in [-0.39, 0.29) is 33.4 Å². The van der Waals surface area contributed by atoms with Crippen molar-refractivity contribution in [1.82, 2.24) is 14.8 Å². The van der Waals surface area contributed by atoms with Gasteiger partial charge in [-0.15, -0.1) is 10.2 Å². The molecule has 32 heavy (non-hydrogen) atoms. The van der Waals surface area contributed by atoms with E-state index in [2.05, 4.69) is 10.2 Å². The predicted octanol–water partition coefficient (Wildman–Crippen LogP) is 4.72. The molecule has 0 spiro atoms. The van der Waals surface area contributed by atoms with Crippen molar-refractivity contribution in [3.8, 4) is 11.4 Å². The van der Waals surface area contributed by atoms with Crippen molar-refractivity contribution in [1.29, 1.82) is 0 Å². The van der Waals surface area contributed by atoms with E-state index in [0.29, 0.717) is 4.57 Å². The maximum absolute atomic E-state index is 14.4. The van der Waals surface area contributed by atoms with E-state index in [1.54, 1.807) is 0 Å². The monoisotopic (exact) mass is 471 g/mol. The second-order valence-corrected chi connectivity index (χ2v) is 7.32. The van der Waals surface area contributed by atoms with Gasteiger partial charge in [0.2, 0.25) is 5.82 Å². The molecule has 0 saturated heterocycles. The Morgan fingerprint density at radius 3 is 2.66 bits per heavy atom. The van der Waals surface area contributed by atoms with Crippen LogP contribution in [0.4, 0.5) is 17.6 Å². The van der Waals surface area contributed by atoms with Crippen LogP contribution >= 0.6 is 11.6 Å². The molecule has 168 valence electrons. The number of methoxy groups -OCH3 is 1. The van der Waals surface area contributed by atoms with E-state index in [9.17, 15) is 27.5 Å². The highest BCUT2D eigenvalue weighted by Crippen LogP contribution is 2.46. The number of para-hydroxylation sites is 1. The van der Waals surface area contributed by atoms with Crippen LogP contribution in [-0.2, 0) is 15.7 Å². The number of ether oxygens (including phenoxy) is 2. The lowest BCUT2D eigenvalue weighted by molar-refractivity contribution is -0.146. The summed E-state index contributed by atoms with van der Waals surface area (Å²) in [6.07, 6.45) is -8.28. The largest absolute Gasteiger partial charge is 0.493 e. The third-order valence-corrected chi connectivity index (χ3v) is 5.12. The van der Waals surface area contributed by atoms with Gasteiger partial charge >= 0.3 is 12.1 Å². The standard InChI is InChI=1S/C20H14ClF4N3O4/c1-31-17-10(3-2-4-12(17)22)16-11-7-9(21)5-6-13(11)28-18(14(32-16)8-15(29)30)26-27-19(28)20(23,24)25/h2-7,14,16H,8H2,1H3,(H,29,30)/t14-,16-/m1/s1. The molecular formula is C20H14ClF4N3O4. The minimum atomic E-state index is -4.90. The number of carboxylic acids is 1. The van der Waals surface area contributed by atoms with E-state index < -0.39 is 42.4 Å². The molecule has 0 saturated carbocycles. The zero-order valence-electron chi connectivity index (χ0n) is 16.2. The van der Waals surface area contributed by atoms with E-state index in [1.165, 1.54) is 37.4 Å². The molecule has 2 heterocycles. The molecular weight excluding hydrogens is 458 g/mol. The van der Waals surface area contributed by atoms with Gasteiger partial charge in [0.1, 0.15) is 12.2 Å². The van der Waals surface area contributed by atoms with Crippen LogP contribution in [0.15, 0.2) is 36.4 Å². The fourth-order valence-electron chi connectivity index (χ4n) is 3.65. The van der Waals surface area contributed by atoms with Crippen molar-refractivity contribution in [3.05, 3.63) is 70.0 Å². The van der Waals surface area contributed by atoms with Crippen molar-refractivity contribution in [2.24, 2.45) is 0 Å². The van der Waals surface area contributed by atoms with Gasteiger partial charge in [0.15, 0.2) is 17.4 Å². The van der Waals surface area contributed by atoms with Crippen LogP contribution in [0.25, 0.3) is 5.69 Å². The lowest BCUT2D eigenvalue weighted by atomic mass is 9.98. The SMILES string of the molecule is COc1c(F)cccc1[C@H]1O[C@H](CC(=O)O)c2nnc(C(F)(F)F)n2-c2ccc(Cl)cc21. The number of aromatic nitrogens is 3. The summed E-state index contributed by atoms with van der Waals surface area (Å²) in [5.74, 6) is -3.99. The summed E-state index contributed by atoms with van der Waals surface area (Å²) in [7, 11) is 1.23. The zero-order chi connectivity index (χ0) is 23.2. The first-order valence-corrected chi connectivity index (χ1v) is 9.51. The summed E-state index contributed by atoms with van der Waals surface area (Å²) in [5.41, 5.74) is 0.227. The molecule has 0 fully saturated rings. The molecule has 2 atom stereocenters. The van der Waals surface area contributed by atoms with E-state index in [0.717, 1.165) is 6.07 Å². The Hall–Kier alpha value is -3.18. The zero-order valence-corrected chi connectivity index (χ0v) is 17.0. The number of alkyl halides is 3. The fourth-order valence-corrected chi connectivity index (χ4v) is 3.83. The third kappa shape index (κ3) is 3.78. The minimum absolute atomic E-state index is 0.0362. The fraction of sp³-hybridized carbons (Fsp3) is 0.250. The number of hydrogen-bond donors (Lipinski definition) is 1. The topological polar surface area (TPSA) is 86.5 Å². The summed E-state index contributed by atoms with van der Waals surface area (Å²) >= 11 is 6.12. The number of aliphatic carboxylic acids is 1. The van der Waals surface area contributed by atoms with Crippen molar-refractivity contribution in [2.75, 3.05) is 7.11 Å². The van der Waals surface area contributed by atoms with Gasteiger partial charge < -0.3 is 14.6 Å². The average Bonchev–Trinajstić information content (AvgIpc) is 3.11. The molecule has 7 nitrogen and oxygen atoms in total. The van der Waals surface area contributed by atoms with E-state index in [4.69, 9.17) is 21.1 Å². The second kappa shape index (κ2) is 8.06. The molecule has 0 aliphatic carbocycles. The quantitative estimate of drug-likeness (QED) is 0.554. The summed E-state index contributed by atoms with van der Waals surface area (Å²) < 4.78 is 67.4. The molecule has 0 unspecified atom stereocenters. The Balaban J connectivity index is 2.04. The summed E-state index contributed by atoms with van der Waals surface area (Å²) in [5, 5.41) is 16.3. The van der Waals surface area contributed by atoms with Crippen LogP contribution < -0.4 is 4.74 Å². The number of hydrogen-bond acceptors (Lipinski definition) is 5. The van der Waals surface area contributed by atoms with Gasteiger partial charge in [0.25, 0.3) is 0 Å². The van der Waals surface area contributed by atoms with Crippen LogP contribution in [0.2, 0.25) is 5.02 Å². The van der Waals surface area contributed by atoms with Crippen molar-refractivity contribution in [2.45, 2.75) is 24.8 Å². The third-order valence-electron chi connectivity index (χ3n) is 4.89. The van der Waals surface area contributed by atoms with Crippen molar-refractivity contribution >= 4 is 17.6 Å². The molecule has 12 heteroatoms. The maximum Gasteiger partial charge on any atom is 0.452 e. The number of carbonyl (C=O) groups is 1. The molecule has 1 aliphatic heterocycles. The van der Waals surface area contributed by atoms with Gasteiger partial charge in [-0.1, -0.05) is 23.7 Å². The minimum Gasteiger partial charge on any atom is -0.493 e. The number of nitrogens with zero attached hydrogens (tertiary/aromatic N) is 3. The van der Waals surface area contributed by atoms with Gasteiger partial charge in [0, 0.05) is 16.1 Å². The first-order chi connectivity index (χ1) is 15.1. The molecule has 0 bridgehead atoms. The number of fused-ring (bicyclic) bond motifs is 3.